The zero-order valence-electron chi connectivity index (χ0n) is 11.9. The molecule has 0 spiro atoms. The van der Waals surface area contributed by atoms with E-state index < -0.39 is 29.2 Å². The quantitative estimate of drug-likeness (QED) is 0.586. The van der Waals surface area contributed by atoms with Gasteiger partial charge in [0.1, 0.15) is 0 Å². The van der Waals surface area contributed by atoms with E-state index in [4.69, 9.17) is 9.84 Å². The number of ether oxygens (including phenoxy) is 1. The minimum atomic E-state index is -1.52. The van der Waals surface area contributed by atoms with Crippen LogP contribution in [0.2, 0.25) is 0 Å². The average molecular weight is 294 g/mol. The Labute approximate surface area is 122 Å². The average Bonchev–Trinajstić information content (AvgIpc) is 2.45. The minimum absolute atomic E-state index is 0.0394. The number of rotatable bonds is 7. The fourth-order valence-corrected chi connectivity index (χ4v) is 2.06. The SMILES string of the molecule is CCOC(=O)C(CC(C)(C(=O)O)c1ccccc1)C(=O)O. The smallest absolute Gasteiger partial charge is 0.320 e. The molecule has 114 valence electrons. The van der Waals surface area contributed by atoms with Gasteiger partial charge in [0, 0.05) is 0 Å². The Morgan fingerprint density at radius 1 is 1.19 bits per heavy atom. The molecular weight excluding hydrogens is 276 g/mol. The lowest BCUT2D eigenvalue weighted by atomic mass is 9.75. The van der Waals surface area contributed by atoms with Gasteiger partial charge < -0.3 is 14.9 Å². The third kappa shape index (κ3) is 3.81. The topological polar surface area (TPSA) is 101 Å². The van der Waals surface area contributed by atoms with Crippen LogP contribution in [0.25, 0.3) is 0 Å². The second-order valence-corrected chi connectivity index (χ2v) is 4.85. The second-order valence-electron chi connectivity index (χ2n) is 4.85. The number of hydrogen-bond donors (Lipinski definition) is 2. The summed E-state index contributed by atoms with van der Waals surface area (Å²) in [7, 11) is 0. The predicted molar refractivity (Wildman–Crippen MR) is 73.8 cm³/mol. The maximum atomic E-state index is 11.7. The van der Waals surface area contributed by atoms with Crippen LogP contribution >= 0.6 is 0 Å². The Morgan fingerprint density at radius 3 is 2.19 bits per heavy atom. The fraction of sp³-hybridized carbons (Fsp3) is 0.400. The molecular formula is C15H18O6. The molecule has 0 bridgehead atoms. The predicted octanol–water partition coefficient (Wildman–Crippen LogP) is 1.68. The monoisotopic (exact) mass is 294 g/mol. The summed E-state index contributed by atoms with van der Waals surface area (Å²) in [4.78, 5) is 34.6. The normalized spacial score (nSPS) is 14.8. The lowest BCUT2D eigenvalue weighted by Gasteiger charge is -2.27. The van der Waals surface area contributed by atoms with Gasteiger partial charge in [0.05, 0.1) is 12.0 Å². The lowest BCUT2D eigenvalue weighted by molar-refractivity contribution is -0.160. The van der Waals surface area contributed by atoms with E-state index in [1.807, 2.05) is 0 Å². The largest absolute Gasteiger partial charge is 0.481 e. The first-order valence-electron chi connectivity index (χ1n) is 6.51. The number of carbonyl (C=O) groups excluding carboxylic acids is 1. The van der Waals surface area contributed by atoms with Crippen LogP contribution < -0.4 is 0 Å². The van der Waals surface area contributed by atoms with E-state index in [2.05, 4.69) is 0 Å². The van der Waals surface area contributed by atoms with Crippen LogP contribution in [0.4, 0.5) is 0 Å². The van der Waals surface area contributed by atoms with Crippen molar-refractivity contribution in [2.75, 3.05) is 6.61 Å². The van der Waals surface area contributed by atoms with E-state index in [1.54, 1.807) is 37.3 Å². The molecule has 1 aromatic rings. The van der Waals surface area contributed by atoms with Crippen molar-refractivity contribution in [2.45, 2.75) is 25.7 Å². The zero-order valence-corrected chi connectivity index (χ0v) is 11.9. The molecule has 2 N–H and O–H groups in total. The summed E-state index contributed by atoms with van der Waals surface area (Å²) in [5, 5.41) is 18.7. The third-order valence-electron chi connectivity index (χ3n) is 3.36. The summed E-state index contributed by atoms with van der Waals surface area (Å²) in [6.45, 7) is 3.00. The van der Waals surface area contributed by atoms with Crippen molar-refractivity contribution in [3.8, 4) is 0 Å². The maximum Gasteiger partial charge on any atom is 0.320 e. The zero-order chi connectivity index (χ0) is 16.0. The number of carbonyl (C=O) groups is 3. The molecule has 6 heteroatoms. The van der Waals surface area contributed by atoms with Gasteiger partial charge in [-0.15, -0.1) is 0 Å². The number of esters is 1. The molecule has 6 nitrogen and oxygen atoms in total. The molecule has 0 aliphatic heterocycles. The number of aliphatic carboxylic acids is 2. The van der Waals surface area contributed by atoms with Crippen molar-refractivity contribution in [1.82, 2.24) is 0 Å². The van der Waals surface area contributed by atoms with Crippen LogP contribution in [0, 0.1) is 5.92 Å². The van der Waals surface area contributed by atoms with Crippen molar-refractivity contribution in [3.05, 3.63) is 35.9 Å². The highest BCUT2D eigenvalue weighted by molar-refractivity contribution is 5.95. The fourth-order valence-electron chi connectivity index (χ4n) is 2.06. The van der Waals surface area contributed by atoms with Gasteiger partial charge >= 0.3 is 17.9 Å². The first-order chi connectivity index (χ1) is 9.82. The van der Waals surface area contributed by atoms with Crippen molar-refractivity contribution in [1.29, 1.82) is 0 Å². The molecule has 2 unspecified atom stereocenters. The minimum Gasteiger partial charge on any atom is -0.481 e. The first kappa shape index (κ1) is 16.7. The van der Waals surface area contributed by atoms with Gasteiger partial charge in [0.25, 0.3) is 0 Å². The highest BCUT2D eigenvalue weighted by Gasteiger charge is 2.42. The van der Waals surface area contributed by atoms with Crippen LogP contribution in [0.1, 0.15) is 25.8 Å². The summed E-state index contributed by atoms with van der Waals surface area (Å²) >= 11 is 0. The summed E-state index contributed by atoms with van der Waals surface area (Å²) in [5.41, 5.74) is -1.05. The van der Waals surface area contributed by atoms with Crippen LogP contribution in [0.3, 0.4) is 0 Å². The Balaban J connectivity index is 3.14. The van der Waals surface area contributed by atoms with Gasteiger partial charge in [-0.25, -0.2) is 0 Å². The van der Waals surface area contributed by atoms with E-state index in [9.17, 15) is 19.5 Å². The molecule has 0 heterocycles. The highest BCUT2D eigenvalue weighted by atomic mass is 16.5. The number of benzene rings is 1. The molecule has 1 rings (SSSR count). The Bertz CT molecular complexity index is 524. The number of carboxylic acid groups (broad SMARTS) is 2. The molecule has 0 aliphatic carbocycles. The van der Waals surface area contributed by atoms with Gasteiger partial charge in [-0.2, -0.15) is 0 Å². The number of carboxylic acids is 2. The van der Waals surface area contributed by atoms with Crippen molar-refractivity contribution in [2.24, 2.45) is 5.92 Å². The maximum absolute atomic E-state index is 11.7. The Hall–Kier alpha value is -2.37. The molecule has 1 aromatic carbocycles. The standard InChI is InChI=1S/C15H18O6/c1-3-21-13(18)11(12(16)17)9-15(2,14(19)20)10-7-5-4-6-8-10/h4-8,11H,3,9H2,1-2H3,(H,16,17)(H,19,20). The molecule has 21 heavy (non-hydrogen) atoms. The van der Waals surface area contributed by atoms with Crippen molar-refractivity contribution >= 4 is 17.9 Å². The Morgan fingerprint density at radius 2 is 1.76 bits per heavy atom. The third-order valence-corrected chi connectivity index (χ3v) is 3.36. The lowest BCUT2D eigenvalue weighted by Crippen LogP contribution is -2.39. The molecule has 2 atom stereocenters. The van der Waals surface area contributed by atoms with Crippen LogP contribution in [0.5, 0.6) is 0 Å². The molecule has 0 fully saturated rings. The molecule has 0 aromatic heterocycles. The van der Waals surface area contributed by atoms with E-state index >= 15 is 0 Å². The van der Waals surface area contributed by atoms with E-state index in [-0.39, 0.29) is 13.0 Å². The summed E-state index contributed by atoms with van der Waals surface area (Å²) in [6, 6.07) is 8.25. The Kier molecular flexibility index (Phi) is 5.46. The van der Waals surface area contributed by atoms with Crippen LogP contribution in [-0.4, -0.2) is 34.7 Å². The summed E-state index contributed by atoms with van der Waals surface area (Å²) in [6.07, 6.45) is -0.374. The van der Waals surface area contributed by atoms with Gasteiger partial charge in [0.15, 0.2) is 5.92 Å². The van der Waals surface area contributed by atoms with Gasteiger partial charge in [0.2, 0.25) is 0 Å². The summed E-state index contributed by atoms with van der Waals surface area (Å²) < 4.78 is 4.71. The van der Waals surface area contributed by atoms with Gasteiger partial charge in [-0.05, 0) is 25.8 Å². The van der Waals surface area contributed by atoms with E-state index in [0.29, 0.717) is 5.56 Å². The highest BCUT2D eigenvalue weighted by Crippen LogP contribution is 2.32. The number of hydrogen-bond acceptors (Lipinski definition) is 4. The molecule has 0 aliphatic rings. The summed E-state index contributed by atoms with van der Waals surface area (Å²) in [5.74, 6) is -5.03. The second kappa shape index (κ2) is 6.88. The van der Waals surface area contributed by atoms with Crippen LogP contribution in [-0.2, 0) is 24.5 Å². The van der Waals surface area contributed by atoms with Gasteiger partial charge in [-0.1, -0.05) is 30.3 Å². The molecule has 0 amide bonds. The van der Waals surface area contributed by atoms with Crippen molar-refractivity contribution < 1.29 is 29.3 Å². The molecule has 0 saturated carbocycles. The van der Waals surface area contributed by atoms with Crippen molar-refractivity contribution in [3.63, 3.8) is 0 Å². The van der Waals surface area contributed by atoms with E-state index in [1.165, 1.54) is 6.92 Å². The van der Waals surface area contributed by atoms with Gasteiger partial charge in [-0.3, -0.25) is 14.4 Å². The molecule has 0 saturated heterocycles. The van der Waals surface area contributed by atoms with E-state index in [0.717, 1.165) is 0 Å². The first-order valence-corrected chi connectivity index (χ1v) is 6.51. The molecule has 0 radical (unpaired) electrons. The van der Waals surface area contributed by atoms with Crippen LogP contribution in [0.15, 0.2) is 30.3 Å².